The molecule has 8 heteroatoms. The summed E-state index contributed by atoms with van der Waals surface area (Å²) >= 11 is 0. The van der Waals surface area contributed by atoms with Crippen molar-refractivity contribution in [3.05, 3.63) is 54.1 Å². The first-order chi connectivity index (χ1) is 12.7. The zero-order valence-corrected chi connectivity index (χ0v) is 14.2. The molecule has 2 N–H and O–H groups in total. The van der Waals surface area contributed by atoms with Crippen molar-refractivity contribution in [3.8, 4) is 34.4 Å². The predicted octanol–water partition coefficient (Wildman–Crippen LogP) is 2.88. The third kappa shape index (κ3) is 2.77. The van der Waals surface area contributed by atoms with Gasteiger partial charge < -0.3 is 15.0 Å². The lowest BCUT2D eigenvalue weighted by Gasteiger charge is -2.03. The summed E-state index contributed by atoms with van der Waals surface area (Å²) in [4.78, 5) is 4.38. The van der Waals surface area contributed by atoms with E-state index in [0.29, 0.717) is 17.3 Å². The molecular formula is C18H16N6O2. The zero-order chi connectivity index (χ0) is 18.1. The van der Waals surface area contributed by atoms with Gasteiger partial charge in [0.1, 0.15) is 5.75 Å². The number of nitrogens with zero attached hydrogens (tertiary/aromatic N) is 5. The Morgan fingerprint density at radius 2 is 1.92 bits per heavy atom. The van der Waals surface area contributed by atoms with Gasteiger partial charge in [-0.3, -0.25) is 0 Å². The minimum atomic E-state index is 0.215. The summed E-state index contributed by atoms with van der Waals surface area (Å²) < 4.78 is 12.0. The van der Waals surface area contributed by atoms with Gasteiger partial charge in [-0.15, -0.1) is 5.10 Å². The monoisotopic (exact) mass is 348 g/mol. The quantitative estimate of drug-likeness (QED) is 0.604. The van der Waals surface area contributed by atoms with E-state index < -0.39 is 0 Å². The molecule has 0 atom stereocenters. The van der Waals surface area contributed by atoms with Crippen molar-refractivity contribution in [3.63, 3.8) is 0 Å². The number of nitrogen functional groups attached to an aromatic ring is 1. The Kier molecular flexibility index (Phi) is 3.85. The second-order valence-electron chi connectivity index (χ2n) is 5.73. The highest BCUT2D eigenvalue weighted by atomic mass is 16.5. The van der Waals surface area contributed by atoms with Gasteiger partial charge in [-0.25, -0.2) is 0 Å². The second-order valence-corrected chi connectivity index (χ2v) is 5.73. The van der Waals surface area contributed by atoms with Crippen molar-refractivity contribution in [2.75, 3.05) is 12.8 Å². The van der Waals surface area contributed by atoms with E-state index in [1.807, 2.05) is 55.5 Å². The molecule has 130 valence electrons. The Bertz CT molecular complexity index is 1050. The highest BCUT2D eigenvalue weighted by Gasteiger charge is 2.19. The molecule has 0 fully saturated rings. The van der Waals surface area contributed by atoms with Crippen LogP contribution in [0.2, 0.25) is 0 Å². The summed E-state index contributed by atoms with van der Waals surface area (Å²) in [5.74, 6) is 1.74. The summed E-state index contributed by atoms with van der Waals surface area (Å²) in [6.45, 7) is 2.00. The van der Waals surface area contributed by atoms with Gasteiger partial charge in [-0.1, -0.05) is 22.5 Å². The molecular weight excluding hydrogens is 332 g/mol. The van der Waals surface area contributed by atoms with Crippen molar-refractivity contribution >= 4 is 5.82 Å². The summed E-state index contributed by atoms with van der Waals surface area (Å²) in [5.41, 5.74) is 9.25. The smallest absolute Gasteiger partial charge is 0.282 e. The van der Waals surface area contributed by atoms with Crippen molar-refractivity contribution in [2.24, 2.45) is 0 Å². The molecule has 26 heavy (non-hydrogen) atoms. The highest BCUT2D eigenvalue weighted by Crippen LogP contribution is 2.27. The van der Waals surface area contributed by atoms with Crippen LogP contribution in [-0.2, 0) is 0 Å². The van der Waals surface area contributed by atoms with Gasteiger partial charge in [-0.05, 0) is 48.9 Å². The van der Waals surface area contributed by atoms with Gasteiger partial charge in [0.15, 0.2) is 11.5 Å². The van der Waals surface area contributed by atoms with Crippen LogP contribution in [0.5, 0.6) is 5.75 Å². The second kappa shape index (κ2) is 6.32. The maximum absolute atomic E-state index is 6.20. The van der Waals surface area contributed by atoms with Crippen LogP contribution in [0.1, 0.15) is 5.56 Å². The average molecular weight is 348 g/mol. The van der Waals surface area contributed by atoms with Crippen LogP contribution >= 0.6 is 0 Å². The standard InChI is InChI=1S/C18H16N6O2/c1-11-4-3-5-13(10-11)24-16(19)15(21-23-24)18-20-17(22-26-18)12-6-8-14(25-2)9-7-12/h3-10H,19H2,1-2H3. The third-order valence-electron chi connectivity index (χ3n) is 3.93. The molecule has 2 aromatic carbocycles. The van der Waals surface area contributed by atoms with Gasteiger partial charge in [0.05, 0.1) is 12.8 Å². The molecule has 0 aliphatic rings. The Morgan fingerprint density at radius 1 is 1.12 bits per heavy atom. The van der Waals surface area contributed by atoms with Crippen molar-refractivity contribution < 1.29 is 9.26 Å². The highest BCUT2D eigenvalue weighted by molar-refractivity contribution is 5.66. The van der Waals surface area contributed by atoms with E-state index >= 15 is 0 Å². The molecule has 0 unspecified atom stereocenters. The first-order valence-corrected chi connectivity index (χ1v) is 7.92. The van der Waals surface area contributed by atoms with E-state index in [0.717, 1.165) is 22.6 Å². The summed E-state index contributed by atoms with van der Waals surface area (Å²) in [5, 5.41) is 12.2. The molecule has 4 rings (SSSR count). The molecule has 0 aliphatic carbocycles. The fourth-order valence-electron chi connectivity index (χ4n) is 2.57. The van der Waals surface area contributed by atoms with E-state index in [-0.39, 0.29) is 5.89 Å². The fraction of sp³-hybridized carbons (Fsp3) is 0.111. The number of methoxy groups -OCH3 is 1. The summed E-state index contributed by atoms with van der Waals surface area (Å²) in [7, 11) is 1.61. The summed E-state index contributed by atoms with van der Waals surface area (Å²) in [6, 6.07) is 15.1. The molecule has 0 bridgehead atoms. The summed E-state index contributed by atoms with van der Waals surface area (Å²) in [6.07, 6.45) is 0. The number of ether oxygens (including phenoxy) is 1. The van der Waals surface area contributed by atoms with Crippen molar-refractivity contribution in [1.29, 1.82) is 0 Å². The molecule has 0 saturated carbocycles. The number of aromatic nitrogens is 5. The lowest BCUT2D eigenvalue weighted by molar-refractivity contribution is 0.414. The topological polar surface area (TPSA) is 105 Å². The number of aryl methyl sites for hydroxylation is 1. The Labute approximate surface area is 149 Å². The Morgan fingerprint density at radius 3 is 2.65 bits per heavy atom. The Hall–Kier alpha value is -3.68. The van der Waals surface area contributed by atoms with Crippen molar-refractivity contribution in [1.82, 2.24) is 25.1 Å². The van der Waals surface area contributed by atoms with E-state index in [1.165, 1.54) is 0 Å². The molecule has 0 aliphatic heterocycles. The molecule has 0 radical (unpaired) electrons. The van der Waals surface area contributed by atoms with Crippen LogP contribution in [0, 0.1) is 6.92 Å². The fourth-order valence-corrected chi connectivity index (χ4v) is 2.57. The predicted molar refractivity (Wildman–Crippen MR) is 95.8 cm³/mol. The van der Waals surface area contributed by atoms with Crippen LogP contribution in [0.3, 0.4) is 0 Å². The normalized spacial score (nSPS) is 10.8. The number of rotatable bonds is 4. The molecule has 2 aromatic heterocycles. The lowest BCUT2D eigenvalue weighted by Crippen LogP contribution is -2.02. The van der Waals surface area contributed by atoms with Gasteiger partial charge in [-0.2, -0.15) is 9.67 Å². The van der Waals surface area contributed by atoms with Gasteiger partial charge >= 0.3 is 0 Å². The van der Waals surface area contributed by atoms with Gasteiger partial charge in [0.25, 0.3) is 5.89 Å². The third-order valence-corrected chi connectivity index (χ3v) is 3.93. The number of benzene rings is 2. The van der Waals surface area contributed by atoms with Gasteiger partial charge in [0, 0.05) is 5.56 Å². The van der Waals surface area contributed by atoms with E-state index in [2.05, 4.69) is 20.5 Å². The van der Waals surface area contributed by atoms with Crippen LogP contribution in [0.25, 0.3) is 28.7 Å². The first-order valence-electron chi connectivity index (χ1n) is 7.92. The zero-order valence-electron chi connectivity index (χ0n) is 14.2. The maximum Gasteiger partial charge on any atom is 0.282 e. The largest absolute Gasteiger partial charge is 0.497 e. The van der Waals surface area contributed by atoms with Gasteiger partial charge in [0.2, 0.25) is 5.82 Å². The van der Waals surface area contributed by atoms with E-state index in [9.17, 15) is 0 Å². The van der Waals surface area contributed by atoms with Crippen LogP contribution < -0.4 is 10.5 Å². The molecule has 8 nitrogen and oxygen atoms in total. The minimum Gasteiger partial charge on any atom is -0.497 e. The van der Waals surface area contributed by atoms with E-state index in [1.54, 1.807) is 11.8 Å². The number of hydrogen-bond acceptors (Lipinski definition) is 7. The molecule has 0 spiro atoms. The average Bonchev–Trinajstić information content (AvgIpc) is 3.28. The Balaban J connectivity index is 1.68. The molecule has 0 saturated heterocycles. The molecule has 0 amide bonds. The first kappa shape index (κ1) is 15.8. The number of hydrogen-bond donors (Lipinski definition) is 1. The van der Waals surface area contributed by atoms with Crippen LogP contribution in [-0.4, -0.2) is 32.2 Å². The molecule has 2 heterocycles. The SMILES string of the molecule is COc1ccc(-c2noc(-c3nnn(-c4cccc(C)c4)c3N)n2)cc1. The number of anilines is 1. The lowest BCUT2D eigenvalue weighted by atomic mass is 10.2. The number of nitrogens with two attached hydrogens (primary N) is 1. The maximum atomic E-state index is 6.20. The van der Waals surface area contributed by atoms with Crippen molar-refractivity contribution in [2.45, 2.75) is 6.92 Å². The van der Waals surface area contributed by atoms with Crippen LogP contribution in [0.4, 0.5) is 5.82 Å². The van der Waals surface area contributed by atoms with Crippen LogP contribution in [0.15, 0.2) is 53.1 Å². The minimum absolute atomic E-state index is 0.215. The van der Waals surface area contributed by atoms with E-state index in [4.69, 9.17) is 15.0 Å². The molecule has 4 aromatic rings.